The predicted molar refractivity (Wildman–Crippen MR) is 108 cm³/mol. The number of ether oxygens (including phenoxy) is 1. The average molecular weight is 408 g/mol. The normalized spacial score (nSPS) is 15.6. The van der Waals surface area contributed by atoms with Gasteiger partial charge in [-0.15, -0.1) is 11.3 Å². The van der Waals surface area contributed by atoms with Crippen LogP contribution < -0.4 is 5.32 Å². The van der Waals surface area contributed by atoms with Crippen molar-refractivity contribution >= 4 is 34.7 Å². The highest BCUT2D eigenvalue weighted by Crippen LogP contribution is 2.29. The van der Waals surface area contributed by atoms with E-state index in [1.165, 1.54) is 11.3 Å². The molecular formula is C19H25N3O3S2. The van der Waals surface area contributed by atoms with Gasteiger partial charge in [0, 0.05) is 30.1 Å². The first-order valence-electron chi connectivity index (χ1n) is 9.02. The van der Waals surface area contributed by atoms with Crippen molar-refractivity contribution in [3.05, 3.63) is 27.4 Å². The molecule has 0 bridgehead atoms. The number of hydrogen-bond acceptors (Lipinski definition) is 6. The van der Waals surface area contributed by atoms with Gasteiger partial charge in [0.2, 0.25) is 0 Å². The van der Waals surface area contributed by atoms with Crippen molar-refractivity contribution in [3.8, 4) is 10.6 Å². The van der Waals surface area contributed by atoms with Crippen LogP contribution in [0.3, 0.4) is 0 Å². The third kappa shape index (κ3) is 5.07. The van der Waals surface area contributed by atoms with Gasteiger partial charge in [-0.3, -0.25) is 4.79 Å². The van der Waals surface area contributed by atoms with E-state index in [-0.39, 0.29) is 18.0 Å². The Morgan fingerprint density at radius 1 is 1.30 bits per heavy atom. The summed E-state index contributed by atoms with van der Waals surface area (Å²) in [7, 11) is 0. The van der Waals surface area contributed by atoms with Crippen molar-refractivity contribution in [2.75, 3.05) is 13.1 Å². The highest BCUT2D eigenvalue weighted by Gasteiger charge is 2.28. The number of thiophene rings is 1. The Labute approximate surface area is 167 Å². The molecule has 0 radical (unpaired) electrons. The van der Waals surface area contributed by atoms with E-state index >= 15 is 0 Å². The van der Waals surface area contributed by atoms with Crippen molar-refractivity contribution in [2.24, 2.45) is 0 Å². The predicted octanol–water partition coefficient (Wildman–Crippen LogP) is 4.31. The van der Waals surface area contributed by atoms with Crippen molar-refractivity contribution < 1.29 is 14.3 Å². The highest BCUT2D eigenvalue weighted by molar-refractivity contribution is 7.17. The molecule has 0 saturated carbocycles. The molecule has 1 N–H and O–H groups in total. The van der Waals surface area contributed by atoms with E-state index in [2.05, 4.69) is 10.3 Å². The number of carbonyl (C=O) groups is 2. The lowest BCUT2D eigenvalue weighted by molar-refractivity contribution is 0.0200. The van der Waals surface area contributed by atoms with E-state index in [1.807, 2.05) is 44.5 Å². The number of likely N-dealkylation sites (tertiary alicyclic amines) is 1. The van der Waals surface area contributed by atoms with Crippen LogP contribution in [0.1, 0.15) is 49.0 Å². The van der Waals surface area contributed by atoms with Crippen LogP contribution in [0.25, 0.3) is 10.6 Å². The molecule has 1 aliphatic rings. The quantitative estimate of drug-likeness (QED) is 0.823. The topological polar surface area (TPSA) is 71.5 Å². The smallest absolute Gasteiger partial charge is 0.410 e. The lowest BCUT2D eigenvalue weighted by atomic mass is 10.1. The standard InChI is InChI=1S/C19H25N3O3S2/c1-12-15(27-17(20-12)13-7-10-26-11-13)16(23)21-14-5-8-22(9-6-14)18(24)25-19(2,3)4/h7,10-11,14H,5-6,8-9H2,1-4H3,(H,21,23). The molecule has 0 unspecified atom stereocenters. The van der Waals surface area contributed by atoms with Crippen LogP contribution in [-0.2, 0) is 4.74 Å². The lowest BCUT2D eigenvalue weighted by Crippen LogP contribution is -2.47. The summed E-state index contributed by atoms with van der Waals surface area (Å²) in [5, 5.41) is 8.01. The molecule has 2 aromatic rings. The summed E-state index contributed by atoms with van der Waals surface area (Å²) in [6.07, 6.45) is 1.16. The Balaban J connectivity index is 1.55. The van der Waals surface area contributed by atoms with Gasteiger partial charge >= 0.3 is 6.09 Å². The zero-order chi connectivity index (χ0) is 19.6. The van der Waals surface area contributed by atoms with E-state index in [9.17, 15) is 9.59 Å². The second-order valence-corrected chi connectivity index (χ2v) is 9.44. The first kappa shape index (κ1) is 19.8. The van der Waals surface area contributed by atoms with E-state index < -0.39 is 5.60 Å². The van der Waals surface area contributed by atoms with Crippen LogP contribution in [0.15, 0.2) is 16.8 Å². The summed E-state index contributed by atoms with van der Waals surface area (Å²) in [6.45, 7) is 8.62. The first-order chi connectivity index (χ1) is 12.7. The number of amides is 2. The summed E-state index contributed by atoms with van der Waals surface area (Å²) in [5.74, 6) is -0.0813. The van der Waals surface area contributed by atoms with Gasteiger partial charge in [-0.2, -0.15) is 11.3 Å². The molecule has 146 valence electrons. The maximum Gasteiger partial charge on any atom is 0.410 e. The number of nitrogens with one attached hydrogen (secondary N) is 1. The van der Waals surface area contributed by atoms with Gasteiger partial charge in [0.05, 0.1) is 5.69 Å². The highest BCUT2D eigenvalue weighted by atomic mass is 32.1. The molecule has 0 aromatic carbocycles. The fourth-order valence-electron chi connectivity index (χ4n) is 2.90. The minimum absolute atomic E-state index is 0.0577. The summed E-state index contributed by atoms with van der Waals surface area (Å²) < 4.78 is 5.41. The number of thiazole rings is 1. The number of hydrogen-bond donors (Lipinski definition) is 1. The maximum absolute atomic E-state index is 12.7. The maximum atomic E-state index is 12.7. The molecular weight excluding hydrogens is 382 g/mol. The Kier molecular flexibility index (Phi) is 5.86. The van der Waals surface area contributed by atoms with E-state index in [0.29, 0.717) is 18.0 Å². The molecule has 27 heavy (non-hydrogen) atoms. The van der Waals surface area contributed by atoms with Crippen molar-refractivity contribution in [1.29, 1.82) is 0 Å². The van der Waals surface area contributed by atoms with Crippen LogP contribution in [0.5, 0.6) is 0 Å². The van der Waals surface area contributed by atoms with Crippen molar-refractivity contribution in [3.63, 3.8) is 0 Å². The summed E-state index contributed by atoms with van der Waals surface area (Å²) in [6, 6.07) is 2.07. The van der Waals surface area contributed by atoms with Gasteiger partial charge in [-0.05, 0) is 52.0 Å². The monoisotopic (exact) mass is 407 g/mol. The summed E-state index contributed by atoms with van der Waals surface area (Å²) in [4.78, 5) is 31.7. The van der Waals surface area contributed by atoms with Crippen molar-refractivity contribution in [2.45, 2.75) is 52.2 Å². The van der Waals surface area contributed by atoms with Gasteiger partial charge in [0.25, 0.3) is 5.91 Å². The van der Waals surface area contributed by atoms with E-state index in [1.54, 1.807) is 16.2 Å². The number of rotatable bonds is 3. The minimum Gasteiger partial charge on any atom is -0.444 e. The van der Waals surface area contributed by atoms with Gasteiger partial charge in [-0.25, -0.2) is 9.78 Å². The van der Waals surface area contributed by atoms with Gasteiger partial charge in [-0.1, -0.05) is 0 Å². The number of aryl methyl sites for hydroxylation is 1. The third-order valence-electron chi connectivity index (χ3n) is 4.25. The van der Waals surface area contributed by atoms with Gasteiger partial charge < -0.3 is 15.0 Å². The Hall–Kier alpha value is -1.93. The summed E-state index contributed by atoms with van der Waals surface area (Å²) >= 11 is 3.04. The van der Waals surface area contributed by atoms with Crippen molar-refractivity contribution in [1.82, 2.24) is 15.2 Å². The number of piperidine rings is 1. The molecule has 8 heteroatoms. The molecule has 1 saturated heterocycles. The van der Waals surface area contributed by atoms with Crippen LogP contribution in [0.2, 0.25) is 0 Å². The van der Waals surface area contributed by atoms with Crippen LogP contribution in [0, 0.1) is 6.92 Å². The Bertz CT molecular complexity index is 801. The summed E-state index contributed by atoms with van der Waals surface area (Å²) in [5.41, 5.74) is 1.31. The molecule has 0 atom stereocenters. The second kappa shape index (κ2) is 7.98. The second-order valence-electron chi connectivity index (χ2n) is 7.66. The Morgan fingerprint density at radius 2 is 2.00 bits per heavy atom. The fraction of sp³-hybridized carbons (Fsp3) is 0.526. The molecule has 0 aliphatic carbocycles. The SMILES string of the molecule is Cc1nc(-c2ccsc2)sc1C(=O)NC1CCN(C(=O)OC(C)(C)C)CC1. The first-order valence-corrected chi connectivity index (χ1v) is 10.8. The number of carbonyl (C=O) groups excluding carboxylic acids is 2. The molecule has 3 heterocycles. The number of nitrogens with zero attached hydrogens (tertiary/aromatic N) is 2. The molecule has 0 spiro atoms. The van der Waals surface area contributed by atoms with Gasteiger partial charge in [0.1, 0.15) is 15.5 Å². The van der Waals surface area contributed by atoms with Gasteiger partial charge in [0.15, 0.2) is 0 Å². The molecule has 2 amide bonds. The zero-order valence-electron chi connectivity index (χ0n) is 16.1. The zero-order valence-corrected chi connectivity index (χ0v) is 17.7. The molecule has 1 fully saturated rings. The minimum atomic E-state index is -0.494. The van der Waals surface area contributed by atoms with E-state index in [4.69, 9.17) is 4.74 Å². The van der Waals surface area contributed by atoms with Crippen LogP contribution in [-0.4, -0.2) is 46.6 Å². The third-order valence-corrected chi connectivity index (χ3v) is 6.14. The Morgan fingerprint density at radius 3 is 2.59 bits per heavy atom. The van der Waals surface area contributed by atoms with Crippen LogP contribution >= 0.6 is 22.7 Å². The lowest BCUT2D eigenvalue weighted by Gasteiger charge is -2.33. The van der Waals surface area contributed by atoms with Crippen LogP contribution in [0.4, 0.5) is 4.79 Å². The molecule has 6 nitrogen and oxygen atoms in total. The molecule has 1 aliphatic heterocycles. The average Bonchev–Trinajstić information content (AvgIpc) is 3.23. The fourth-order valence-corrected chi connectivity index (χ4v) is 4.58. The largest absolute Gasteiger partial charge is 0.444 e. The molecule has 3 rings (SSSR count). The van der Waals surface area contributed by atoms with E-state index in [0.717, 1.165) is 29.1 Å². The molecule has 2 aromatic heterocycles. The number of aromatic nitrogens is 1.